The van der Waals surface area contributed by atoms with E-state index in [2.05, 4.69) is 5.10 Å². The second-order valence-corrected chi connectivity index (χ2v) is 6.49. The molecule has 2 rings (SSSR count). The van der Waals surface area contributed by atoms with Crippen LogP contribution in [0.4, 0.5) is 0 Å². The molecule has 0 radical (unpaired) electrons. The van der Waals surface area contributed by atoms with E-state index in [-0.39, 0.29) is 10.5 Å². The summed E-state index contributed by atoms with van der Waals surface area (Å²) in [6, 6.07) is 6.23. The third-order valence-electron chi connectivity index (χ3n) is 3.07. The van der Waals surface area contributed by atoms with Crippen LogP contribution in [-0.2, 0) is 16.3 Å². The summed E-state index contributed by atoms with van der Waals surface area (Å²) in [6.07, 6.45) is 1.82. The minimum Gasteiger partial charge on any atom is -0.295 e. The predicted molar refractivity (Wildman–Crippen MR) is 73.6 cm³/mol. The van der Waals surface area contributed by atoms with Crippen molar-refractivity contribution in [2.45, 2.75) is 25.2 Å². The number of rotatable bonds is 3. The number of sulfone groups is 1. The van der Waals surface area contributed by atoms with Crippen molar-refractivity contribution in [2.24, 2.45) is 0 Å². The Kier molecular flexibility index (Phi) is 3.36. The number of nitrogens with one attached hydrogen (secondary N) is 1. The fourth-order valence-electron chi connectivity index (χ4n) is 2.02. The topological polar surface area (TPSA) is 71.9 Å². The first kappa shape index (κ1) is 13.6. The van der Waals surface area contributed by atoms with Crippen molar-refractivity contribution in [3.8, 4) is 5.69 Å². The maximum Gasteiger partial charge on any atom is 0.274 e. The van der Waals surface area contributed by atoms with E-state index >= 15 is 0 Å². The summed E-state index contributed by atoms with van der Waals surface area (Å²) in [6.45, 7) is 3.77. The molecule has 2 aromatic rings. The van der Waals surface area contributed by atoms with E-state index < -0.39 is 9.84 Å². The van der Waals surface area contributed by atoms with Crippen molar-refractivity contribution >= 4 is 9.84 Å². The van der Waals surface area contributed by atoms with Crippen LogP contribution in [0, 0.1) is 6.92 Å². The van der Waals surface area contributed by atoms with Gasteiger partial charge >= 0.3 is 0 Å². The number of hydrogen-bond donors (Lipinski definition) is 1. The molecule has 0 atom stereocenters. The average Bonchev–Trinajstić information content (AvgIpc) is 2.63. The Hall–Kier alpha value is -1.82. The lowest BCUT2D eigenvalue weighted by Gasteiger charge is -2.03. The lowest BCUT2D eigenvalue weighted by atomic mass is 10.2. The zero-order valence-electron chi connectivity index (χ0n) is 11.1. The highest BCUT2D eigenvalue weighted by Gasteiger charge is 2.11. The largest absolute Gasteiger partial charge is 0.295 e. The number of benzene rings is 1. The summed E-state index contributed by atoms with van der Waals surface area (Å²) in [5, 5.41) is 2.99. The maximum atomic E-state index is 12.1. The zero-order valence-corrected chi connectivity index (χ0v) is 11.9. The molecule has 1 N–H and O–H groups in total. The van der Waals surface area contributed by atoms with Crippen LogP contribution in [0.3, 0.4) is 0 Å². The molecule has 0 saturated heterocycles. The number of H-pyrrole nitrogens is 1. The molecule has 1 aromatic carbocycles. The molecule has 0 fully saturated rings. The summed E-state index contributed by atoms with van der Waals surface area (Å²) < 4.78 is 24.2. The van der Waals surface area contributed by atoms with Gasteiger partial charge in [-0.05, 0) is 37.6 Å². The molecule has 0 saturated carbocycles. The minimum absolute atomic E-state index is 0.0906. The van der Waals surface area contributed by atoms with Gasteiger partial charge in [0, 0.05) is 17.5 Å². The molecule has 0 aliphatic carbocycles. The third kappa shape index (κ3) is 2.49. The first-order valence-corrected chi connectivity index (χ1v) is 7.84. The fourth-order valence-corrected chi connectivity index (χ4v) is 2.65. The van der Waals surface area contributed by atoms with Crippen molar-refractivity contribution in [3.05, 3.63) is 45.9 Å². The van der Waals surface area contributed by atoms with Crippen LogP contribution in [0.15, 0.2) is 34.0 Å². The Morgan fingerprint density at radius 1 is 1.21 bits per heavy atom. The number of hydrogen-bond acceptors (Lipinski definition) is 3. The number of nitrogens with zero attached hydrogens (tertiary/aromatic N) is 1. The molecule has 1 aromatic heterocycles. The highest BCUT2D eigenvalue weighted by Crippen LogP contribution is 2.13. The molecule has 0 unspecified atom stereocenters. The molecular weight excluding hydrogens is 264 g/mol. The van der Waals surface area contributed by atoms with Gasteiger partial charge in [-0.25, -0.2) is 13.1 Å². The van der Waals surface area contributed by atoms with E-state index in [1.54, 1.807) is 12.1 Å². The van der Waals surface area contributed by atoms with Crippen molar-refractivity contribution in [1.82, 2.24) is 9.78 Å². The van der Waals surface area contributed by atoms with Crippen molar-refractivity contribution in [2.75, 3.05) is 6.26 Å². The molecule has 0 amide bonds. The molecule has 5 nitrogen and oxygen atoms in total. The first-order chi connectivity index (χ1) is 8.84. The van der Waals surface area contributed by atoms with E-state index in [1.807, 2.05) is 13.8 Å². The van der Waals surface area contributed by atoms with Gasteiger partial charge in [0.15, 0.2) is 9.84 Å². The summed E-state index contributed by atoms with van der Waals surface area (Å²) in [5.41, 5.74) is 2.11. The van der Waals surface area contributed by atoms with Crippen LogP contribution in [0.2, 0.25) is 0 Å². The normalized spacial score (nSPS) is 11.7. The molecule has 102 valence electrons. The molecule has 0 aliphatic heterocycles. The Balaban J connectivity index is 2.52. The molecule has 0 bridgehead atoms. The fraction of sp³-hybridized carbons (Fsp3) is 0.308. The van der Waals surface area contributed by atoms with E-state index in [4.69, 9.17) is 0 Å². The lowest BCUT2D eigenvalue weighted by Crippen LogP contribution is -2.17. The molecule has 19 heavy (non-hydrogen) atoms. The van der Waals surface area contributed by atoms with Crippen LogP contribution in [0.25, 0.3) is 5.69 Å². The van der Waals surface area contributed by atoms with Crippen LogP contribution in [0.5, 0.6) is 0 Å². The monoisotopic (exact) mass is 280 g/mol. The van der Waals surface area contributed by atoms with Gasteiger partial charge in [-0.15, -0.1) is 0 Å². The summed E-state index contributed by atoms with van der Waals surface area (Å²) >= 11 is 0. The smallest absolute Gasteiger partial charge is 0.274 e. The van der Waals surface area contributed by atoms with E-state index in [9.17, 15) is 13.2 Å². The minimum atomic E-state index is -3.22. The molecular formula is C13H16N2O3S. The number of aromatic amines is 1. The molecule has 0 aliphatic rings. The SMILES string of the molecule is CCc1c(C)[nH]n(-c2ccc(S(C)(=O)=O)cc2)c1=O. The summed E-state index contributed by atoms with van der Waals surface area (Å²) in [7, 11) is -3.22. The summed E-state index contributed by atoms with van der Waals surface area (Å²) in [5.74, 6) is 0. The van der Waals surface area contributed by atoms with E-state index in [0.717, 1.165) is 17.5 Å². The highest BCUT2D eigenvalue weighted by atomic mass is 32.2. The van der Waals surface area contributed by atoms with Crippen LogP contribution < -0.4 is 5.56 Å². The van der Waals surface area contributed by atoms with E-state index in [0.29, 0.717) is 12.1 Å². The average molecular weight is 280 g/mol. The zero-order chi connectivity index (χ0) is 14.2. The van der Waals surface area contributed by atoms with Crippen molar-refractivity contribution in [3.63, 3.8) is 0 Å². The van der Waals surface area contributed by atoms with Gasteiger partial charge in [0.1, 0.15) is 0 Å². The lowest BCUT2D eigenvalue weighted by molar-refractivity contribution is 0.602. The van der Waals surface area contributed by atoms with Gasteiger partial charge in [-0.3, -0.25) is 9.89 Å². The van der Waals surface area contributed by atoms with Gasteiger partial charge in [0.25, 0.3) is 5.56 Å². The molecule has 6 heteroatoms. The third-order valence-corrected chi connectivity index (χ3v) is 4.20. The van der Waals surface area contributed by atoms with Crippen LogP contribution in [-0.4, -0.2) is 24.5 Å². The highest BCUT2D eigenvalue weighted by molar-refractivity contribution is 7.90. The van der Waals surface area contributed by atoms with Gasteiger partial charge in [0.2, 0.25) is 0 Å². The number of aryl methyl sites for hydroxylation is 1. The van der Waals surface area contributed by atoms with Gasteiger partial charge in [0.05, 0.1) is 10.6 Å². The standard InChI is InChI=1S/C13H16N2O3S/c1-4-12-9(2)14-15(13(12)16)10-5-7-11(8-6-10)19(3,17)18/h5-8,14H,4H2,1-3H3. The molecule has 0 spiro atoms. The molecule has 1 heterocycles. The summed E-state index contributed by atoms with van der Waals surface area (Å²) in [4.78, 5) is 12.4. The van der Waals surface area contributed by atoms with Gasteiger partial charge in [-0.1, -0.05) is 6.92 Å². The van der Waals surface area contributed by atoms with Crippen LogP contribution in [0.1, 0.15) is 18.2 Å². The van der Waals surface area contributed by atoms with Crippen molar-refractivity contribution in [1.29, 1.82) is 0 Å². The van der Waals surface area contributed by atoms with Gasteiger partial charge in [-0.2, -0.15) is 0 Å². The first-order valence-electron chi connectivity index (χ1n) is 5.95. The Morgan fingerprint density at radius 2 is 1.79 bits per heavy atom. The van der Waals surface area contributed by atoms with E-state index in [1.165, 1.54) is 16.8 Å². The predicted octanol–water partition coefficient (Wildman–Crippen LogP) is 1.44. The number of aromatic nitrogens is 2. The Morgan fingerprint density at radius 3 is 2.21 bits per heavy atom. The second-order valence-electron chi connectivity index (χ2n) is 4.48. The van der Waals surface area contributed by atoms with Gasteiger partial charge < -0.3 is 0 Å². The Bertz CT molecular complexity index is 752. The maximum absolute atomic E-state index is 12.1. The quantitative estimate of drug-likeness (QED) is 0.924. The second kappa shape index (κ2) is 4.70. The van der Waals surface area contributed by atoms with Crippen LogP contribution >= 0.6 is 0 Å². The Labute approximate surface area is 111 Å². The van der Waals surface area contributed by atoms with Crippen molar-refractivity contribution < 1.29 is 8.42 Å².